The normalized spacial score (nSPS) is 17.7. The highest BCUT2D eigenvalue weighted by Gasteiger charge is 2.13. The molecule has 1 aromatic carbocycles. The molecular formula is C15H21BrN2O2. The van der Waals surface area contributed by atoms with Gasteiger partial charge in [0.05, 0.1) is 13.2 Å². The molecule has 0 aromatic heterocycles. The number of carbonyl (C=O) groups is 1. The summed E-state index contributed by atoms with van der Waals surface area (Å²) in [6.45, 7) is 6.68. The van der Waals surface area contributed by atoms with Crippen molar-refractivity contribution in [2.24, 2.45) is 0 Å². The molecule has 0 aliphatic carbocycles. The summed E-state index contributed by atoms with van der Waals surface area (Å²) in [5, 5.41) is 3.04. The molecule has 1 aliphatic rings. The zero-order valence-corrected chi connectivity index (χ0v) is 13.4. The number of hydrogen-bond acceptors (Lipinski definition) is 3. The van der Waals surface area contributed by atoms with Crippen molar-refractivity contribution in [1.29, 1.82) is 0 Å². The Hall–Kier alpha value is -0.910. The van der Waals surface area contributed by atoms with Crippen LogP contribution in [0.25, 0.3) is 0 Å². The number of hydrogen-bond donors (Lipinski definition) is 1. The summed E-state index contributed by atoms with van der Waals surface area (Å²) in [7, 11) is 0. The van der Waals surface area contributed by atoms with E-state index >= 15 is 0 Å². The van der Waals surface area contributed by atoms with E-state index in [2.05, 4.69) is 33.1 Å². The summed E-state index contributed by atoms with van der Waals surface area (Å²) in [5.74, 6) is -0.00743. The Morgan fingerprint density at radius 2 is 2.00 bits per heavy atom. The number of halogens is 1. The van der Waals surface area contributed by atoms with Crippen LogP contribution in [0.4, 0.5) is 0 Å². The van der Waals surface area contributed by atoms with E-state index in [1.807, 2.05) is 24.3 Å². The fourth-order valence-electron chi connectivity index (χ4n) is 2.18. The van der Waals surface area contributed by atoms with Gasteiger partial charge in [-0.1, -0.05) is 15.9 Å². The maximum absolute atomic E-state index is 12.1. The van der Waals surface area contributed by atoms with Crippen LogP contribution in [-0.4, -0.2) is 49.7 Å². The molecule has 1 amide bonds. The van der Waals surface area contributed by atoms with Crippen molar-refractivity contribution in [1.82, 2.24) is 10.2 Å². The van der Waals surface area contributed by atoms with Crippen LogP contribution >= 0.6 is 15.9 Å². The second kappa shape index (κ2) is 7.76. The SMILES string of the molecule is CC(CCN1CCOCC1)NC(=O)c1ccc(Br)cc1. The van der Waals surface area contributed by atoms with Gasteiger partial charge in [-0.3, -0.25) is 9.69 Å². The number of morpholine rings is 1. The molecule has 0 radical (unpaired) electrons. The van der Waals surface area contributed by atoms with Crippen LogP contribution in [0.3, 0.4) is 0 Å². The summed E-state index contributed by atoms with van der Waals surface area (Å²) in [6.07, 6.45) is 0.961. The Morgan fingerprint density at radius 1 is 1.35 bits per heavy atom. The highest BCUT2D eigenvalue weighted by Crippen LogP contribution is 2.10. The monoisotopic (exact) mass is 340 g/mol. The average Bonchev–Trinajstić information content (AvgIpc) is 2.47. The summed E-state index contributed by atoms with van der Waals surface area (Å²) in [6, 6.07) is 7.59. The van der Waals surface area contributed by atoms with E-state index in [9.17, 15) is 4.79 Å². The number of rotatable bonds is 5. The maximum Gasteiger partial charge on any atom is 0.251 e. The van der Waals surface area contributed by atoms with Gasteiger partial charge in [0.2, 0.25) is 0 Å². The first-order chi connectivity index (χ1) is 9.65. The molecule has 1 atom stereocenters. The van der Waals surface area contributed by atoms with Crippen molar-refractivity contribution in [3.05, 3.63) is 34.3 Å². The van der Waals surface area contributed by atoms with Gasteiger partial charge < -0.3 is 10.1 Å². The van der Waals surface area contributed by atoms with Crippen LogP contribution in [0.5, 0.6) is 0 Å². The number of nitrogens with one attached hydrogen (secondary N) is 1. The third kappa shape index (κ3) is 4.89. The van der Waals surface area contributed by atoms with E-state index in [1.54, 1.807) is 0 Å². The Balaban J connectivity index is 1.74. The Bertz CT molecular complexity index is 430. The van der Waals surface area contributed by atoms with Gasteiger partial charge in [-0.2, -0.15) is 0 Å². The molecule has 110 valence electrons. The van der Waals surface area contributed by atoms with Gasteiger partial charge in [0, 0.05) is 35.7 Å². The fourth-order valence-corrected chi connectivity index (χ4v) is 2.45. The summed E-state index contributed by atoms with van der Waals surface area (Å²) < 4.78 is 6.30. The number of amides is 1. The molecule has 5 heteroatoms. The van der Waals surface area contributed by atoms with Gasteiger partial charge in [0.1, 0.15) is 0 Å². The Labute approximate surface area is 128 Å². The predicted molar refractivity (Wildman–Crippen MR) is 82.9 cm³/mol. The molecule has 1 unspecified atom stereocenters. The van der Waals surface area contributed by atoms with E-state index in [0.717, 1.165) is 43.7 Å². The third-order valence-corrected chi connectivity index (χ3v) is 3.99. The summed E-state index contributed by atoms with van der Waals surface area (Å²) >= 11 is 3.37. The van der Waals surface area contributed by atoms with E-state index in [4.69, 9.17) is 4.74 Å². The molecule has 1 saturated heterocycles. The molecule has 1 aliphatic heterocycles. The van der Waals surface area contributed by atoms with Gasteiger partial charge in [0.25, 0.3) is 5.91 Å². The average molecular weight is 341 g/mol. The molecule has 1 aromatic rings. The lowest BCUT2D eigenvalue weighted by molar-refractivity contribution is 0.0363. The van der Waals surface area contributed by atoms with Crippen molar-refractivity contribution in [2.75, 3.05) is 32.8 Å². The summed E-state index contributed by atoms with van der Waals surface area (Å²) in [5.41, 5.74) is 0.700. The molecule has 1 N–H and O–H groups in total. The lowest BCUT2D eigenvalue weighted by atomic mass is 10.1. The Morgan fingerprint density at radius 3 is 2.65 bits per heavy atom. The zero-order valence-electron chi connectivity index (χ0n) is 11.8. The van der Waals surface area contributed by atoms with Crippen molar-refractivity contribution in [2.45, 2.75) is 19.4 Å². The van der Waals surface area contributed by atoms with E-state index in [-0.39, 0.29) is 11.9 Å². The largest absolute Gasteiger partial charge is 0.379 e. The van der Waals surface area contributed by atoms with E-state index in [1.165, 1.54) is 0 Å². The van der Waals surface area contributed by atoms with Crippen LogP contribution in [-0.2, 0) is 4.74 Å². The predicted octanol–water partition coefficient (Wildman–Crippen LogP) is 2.29. The Kier molecular flexibility index (Phi) is 6.01. The lowest BCUT2D eigenvalue weighted by Crippen LogP contribution is -2.40. The minimum Gasteiger partial charge on any atom is -0.379 e. The number of benzene rings is 1. The number of carbonyl (C=O) groups excluding carboxylic acids is 1. The molecular weight excluding hydrogens is 320 g/mol. The molecule has 2 rings (SSSR count). The van der Waals surface area contributed by atoms with E-state index in [0.29, 0.717) is 5.56 Å². The van der Waals surface area contributed by atoms with Gasteiger partial charge in [-0.25, -0.2) is 0 Å². The highest BCUT2D eigenvalue weighted by molar-refractivity contribution is 9.10. The van der Waals surface area contributed by atoms with Crippen molar-refractivity contribution >= 4 is 21.8 Å². The van der Waals surface area contributed by atoms with Crippen LogP contribution in [0.2, 0.25) is 0 Å². The molecule has 1 fully saturated rings. The minimum absolute atomic E-state index is 0.00743. The smallest absolute Gasteiger partial charge is 0.251 e. The number of nitrogens with zero attached hydrogens (tertiary/aromatic N) is 1. The molecule has 0 saturated carbocycles. The van der Waals surface area contributed by atoms with Crippen LogP contribution in [0.15, 0.2) is 28.7 Å². The quantitative estimate of drug-likeness (QED) is 0.894. The zero-order chi connectivity index (χ0) is 14.4. The topological polar surface area (TPSA) is 41.6 Å². The van der Waals surface area contributed by atoms with Gasteiger partial charge in [-0.15, -0.1) is 0 Å². The number of ether oxygens (including phenoxy) is 1. The minimum atomic E-state index is -0.00743. The third-order valence-electron chi connectivity index (χ3n) is 3.47. The first-order valence-electron chi connectivity index (χ1n) is 7.01. The summed E-state index contributed by atoms with van der Waals surface area (Å²) in [4.78, 5) is 14.4. The van der Waals surface area contributed by atoms with Crippen molar-refractivity contribution in [3.8, 4) is 0 Å². The molecule has 0 bridgehead atoms. The van der Waals surface area contributed by atoms with Gasteiger partial charge in [-0.05, 0) is 37.6 Å². The van der Waals surface area contributed by atoms with Crippen LogP contribution in [0.1, 0.15) is 23.7 Å². The second-order valence-electron chi connectivity index (χ2n) is 5.12. The van der Waals surface area contributed by atoms with Crippen LogP contribution < -0.4 is 5.32 Å². The van der Waals surface area contributed by atoms with Crippen LogP contribution in [0, 0.1) is 0 Å². The van der Waals surface area contributed by atoms with Gasteiger partial charge >= 0.3 is 0 Å². The second-order valence-corrected chi connectivity index (χ2v) is 6.04. The molecule has 20 heavy (non-hydrogen) atoms. The highest BCUT2D eigenvalue weighted by atomic mass is 79.9. The first kappa shape index (κ1) is 15.5. The first-order valence-corrected chi connectivity index (χ1v) is 7.81. The standard InChI is InChI=1S/C15H21BrN2O2/c1-12(6-7-18-8-10-20-11-9-18)17-15(19)13-2-4-14(16)5-3-13/h2-5,12H,6-11H2,1H3,(H,17,19). The lowest BCUT2D eigenvalue weighted by Gasteiger charge is -2.27. The van der Waals surface area contributed by atoms with Crippen molar-refractivity contribution in [3.63, 3.8) is 0 Å². The van der Waals surface area contributed by atoms with Crippen molar-refractivity contribution < 1.29 is 9.53 Å². The fraction of sp³-hybridized carbons (Fsp3) is 0.533. The molecule has 1 heterocycles. The molecule has 0 spiro atoms. The van der Waals surface area contributed by atoms with Gasteiger partial charge in [0.15, 0.2) is 0 Å². The van der Waals surface area contributed by atoms with E-state index < -0.39 is 0 Å². The molecule has 4 nitrogen and oxygen atoms in total. The maximum atomic E-state index is 12.1.